The second kappa shape index (κ2) is 33.1. The molecule has 0 radical (unpaired) electrons. The number of aromatic hydroxyl groups is 1. The van der Waals surface area contributed by atoms with Gasteiger partial charge < -0.3 is 76.6 Å². The number of aliphatic hydroxyl groups is 2. The number of aliphatic hydroxyl groups excluding tert-OH is 2. The molecule has 2 fully saturated rings. The maximum absolute atomic E-state index is 9.22. The first-order valence-electron chi connectivity index (χ1n) is 22.2. The van der Waals surface area contributed by atoms with Crippen molar-refractivity contribution in [2.24, 2.45) is 0 Å². The predicted molar refractivity (Wildman–Crippen MR) is 249 cm³/mol. The van der Waals surface area contributed by atoms with Crippen LogP contribution in [-0.4, -0.2) is 177 Å². The zero-order valence-corrected chi connectivity index (χ0v) is 39.6. The van der Waals surface area contributed by atoms with Crippen molar-refractivity contribution in [1.29, 1.82) is 0 Å². The Morgan fingerprint density at radius 3 is 0.969 bits per heavy atom. The van der Waals surface area contributed by atoms with Crippen LogP contribution in [0.25, 0.3) is 0 Å². The van der Waals surface area contributed by atoms with E-state index in [1.54, 1.807) is 12.1 Å². The molecule has 0 bridgehead atoms. The van der Waals surface area contributed by atoms with Crippen LogP contribution in [0.3, 0.4) is 0 Å². The molecule has 2 aliphatic heterocycles. The number of hydrogen-bond acceptors (Lipinski definition) is 16. The van der Waals surface area contributed by atoms with E-state index in [4.69, 9.17) is 71.5 Å². The molecule has 0 unspecified atom stereocenters. The average Bonchev–Trinajstić information content (AvgIpc) is 3.61. The van der Waals surface area contributed by atoms with Crippen molar-refractivity contribution in [1.82, 2.24) is 0 Å². The van der Waals surface area contributed by atoms with Crippen LogP contribution < -0.4 is 15.7 Å². The summed E-state index contributed by atoms with van der Waals surface area (Å²) in [6, 6.07) is 14.7. The van der Waals surface area contributed by atoms with Crippen LogP contribution in [0.1, 0.15) is 76.2 Å². The van der Waals surface area contributed by atoms with Gasteiger partial charge in [-0.1, -0.05) is 38.6 Å². The summed E-state index contributed by atoms with van der Waals surface area (Å²) in [7, 11) is -0.724. The summed E-state index contributed by atoms with van der Waals surface area (Å²) < 4.78 is 71.7. The third-order valence-electron chi connectivity index (χ3n) is 10.4. The van der Waals surface area contributed by atoms with Crippen molar-refractivity contribution >= 4 is 25.2 Å². The third-order valence-corrected chi connectivity index (χ3v) is 10.4. The van der Waals surface area contributed by atoms with Gasteiger partial charge in [0.05, 0.1) is 135 Å². The molecule has 3 N–H and O–H groups in total. The minimum atomic E-state index is -0.368. The van der Waals surface area contributed by atoms with Crippen molar-refractivity contribution in [3.8, 4) is 11.5 Å². The highest BCUT2D eigenvalue weighted by molar-refractivity contribution is 6.62. The van der Waals surface area contributed by atoms with Gasteiger partial charge in [0.15, 0.2) is 0 Å². The van der Waals surface area contributed by atoms with Gasteiger partial charge in [-0.15, -0.1) is 0 Å². The molecule has 368 valence electrons. The molecule has 2 aromatic rings. The first-order valence-corrected chi connectivity index (χ1v) is 22.2. The minimum Gasteiger partial charge on any atom is -0.508 e. The average molecular weight is 913 g/mol. The van der Waals surface area contributed by atoms with Gasteiger partial charge in [-0.3, -0.25) is 0 Å². The van der Waals surface area contributed by atoms with Crippen LogP contribution >= 0.6 is 0 Å². The van der Waals surface area contributed by atoms with E-state index >= 15 is 0 Å². The van der Waals surface area contributed by atoms with Gasteiger partial charge in [-0.05, 0) is 97.0 Å². The maximum Gasteiger partial charge on any atom is 0.494 e. The molecule has 64 heavy (non-hydrogen) atoms. The quantitative estimate of drug-likeness (QED) is 0.0749. The van der Waals surface area contributed by atoms with Crippen molar-refractivity contribution in [2.45, 2.75) is 98.6 Å². The van der Waals surface area contributed by atoms with E-state index in [1.807, 2.05) is 91.8 Å². The molecular weight excluding hydrogens is 830 g/mol. The molecule has 0 aromatic heterocycles. The zero-order valence-electron chi connectivity index (χ0n) is 39.6. The molecule has 0 amide bonds. The Bertz CT molecular complexity index is 1370. The monoisotopic (exact) mass is 913 g/mol. The lowest BCUT2D eigenvalue weighted by atomic mass is 9.79. The molecule has 18 heteroatoms. The van der Waals surface area contributed by atoms with E-state index in [0.29, 0.717) is 106 Å². The number of benzene rings is 2. The summed E-state index contributed by atoms with van der Waals surface area (Å²) in [5.74, 6) is 1.03. The topological polar surface area (TPSA) is 181 Å². The van der Waals surface area contributed by atoms with Gasteiger partial charge in [0.1, 0.15) is 18.1 Å². The van der Waals surface area contributed by atoms with Gasteiger partial charge in [-0.2, -0.15) is 0 Å². The molecule has 2 aromatic carbocycles. The lowest BCUT2D eigenvalue weighted by Crippen LogP contribution is -2.41. The van der Waals surface area contributed by atoms with Crippen molar-refractivity contribution in [3.05, 3.63) is 48.5 Å². The molecule has 2 aliphatic rings. The van der Waals surface area contributed by atoms with Gasteiger partial charge in [0.2, 0.25) is 0 Å². The molecule has 4 rings (SSSR count). The van der Waals surface area contributed by atoms with Gasteiger partial charge in [-0.25, -0.2) is 0 Å². The Morgan fingerprint density at radius 2 is 0.672 bits per heavy atom. The highest BCUT2D eigenvalue weighted by Crippen LogP contribution is 2.37. The van der Waals surface area contributed by atoms with Gasteiger partial charge in [0.25, 0.3) is 0 Å². The Kier molecular flexibility index (Phi) is 30.9. The highest BCUT2D eigenvalue weighted by atomic mass is 16.7. The SMILES string of the molecule is C.CC1(C)OB(c2ccc(O)cc2)OC1(C)C.CC1(C)OB(c2ccc(OCCOCCOCCOCCOCCO)cc2)OC1(C)C.CCCOCCOCCOCCOCCO. The number of rotatable bonds is 30. The van der Waals surface area contributed by atoms with E-state index in [-0.39, 0.29) is 63.0 Å². The lowest BCUT2D eigenvalue weighted by Gasteiger charge is -2.32. The second-order valence-electron chi connectivity index (χ2n) is 16.5. The summed E-state index contributed by atoms with van der Waals surface area (Å²) >= 11 is 0. The fraction of sp³-hybridized carbons (Fsp3) is 0.739. The Balaban J connectivity index is 0.000000524. The summed E-state index contributed by atoms with van der Waals surface area (Å²) in [6.07, 6.45) is 1.04. The number of ether oxygens (including phenoxy) is 9. The number of hydrogen-bond donors (Lipinski definition) is 3. The van der Waals surface area contributed by atoms with Crippen LogP contribution in [0.15, 0.2) is 48.5 Å². The van der Waals surface area contributed by atoms with Crippen molar-refractivity contribution < 1.29 is 76.6 Å². The van der Waals surface area contributed by atoms with Crippen LogP contribution in [0.4, 0.5) is 0 Å². The molecule has 0 spiro atoms. The van der Waals surface area contributed by atoms with Crippen LogP contribution in [0.5, 0.6) is 11.5 Å². The predicted octanol–water partition coefficient (Wildman–Crippen LogP) is 4.21. The maximum atomic E-state index is 9.22. The third kappa shape index (κ3) is 23.9. The molecule has 0 aliphatic carbocycles. The fourth-order valence-corrected chi connectivity index (χ4v) is 5.33. The lowest BCUT2D eigenvalue weighted by molar-refractivity contribution is -0.00779. The zero-order chi connectivity index (χ0) is 46.5. The van der Waals surface area contributed by atoms with Crippen LogP contribution in [0.2, 0.25) is 0 Å². The molecule has 16 nitrogen and oxygen atoms in total. The van der Waals surface area contributed by atoms with Crippen LogP contribution in [-0.2, 0) is 56.5 Å². The summed E-state index contributed by atoms with van der Waals surface area (Å²) in [5, 5.41) is 26.2. The Hall–Kier alpha value is -2.39. The first-order chi connectivity index (χ1) is 30.1. The molecule has 0 atom stereocenters. The summed E-state index contributed by atoms with van der Waals surface area (Å²) in [5.41, 5.74) is 0.551. The van der Waals surface area contributed by atoms with Gasteiger partial charge >= 0.3 is 14.2 Å². The first kappa shape index (κ1) is 59.6. The standard InChI is InChI=1S/C22H37BO8.C12H17BO3.C11H24O5.CH4/c1-21(2)22(3,4)31-23(30-21)19-5-7-20(8-6-19)29-18-17-28-16-15-27-14-13-26-12-11-25-10-9-24;1-11(2)12(3,4)16-13(15-11)9-5-7-10(14)8-6-9;1-2-4-13-6-8-15-10-11-16-9-7-14-5-3-12;/h5-8,24H,9-18H2,1-4H3;5-8,14H,1-4H3;12H,2-11H2,1H3;1H4. The summed E-state index contributed by atoms with van der Waals surface area (Å²) in [6.45, 7) is 27.3. The van der Waals surface area contributed by atoms with E-state index in [9.17, 15) is 5.11 Å². The smallest absolute Gasteiger partial charge is 0.494 e. The minimum absolute atomic E-state index is 0. The van der Waals surface area contributed by atoms with Gasteiger partial charge in [0, 0.05) is 6.61 Å². The van der Waals surface area contributed by atoms with E-state index < -0.39 is 0 Å². The fourth-order valence-electron chi connectivity index (χ4n) is 5.33. The number of phenols is 1. The summed E-state index contributed by atoms with van der Waals surface area (Å²) in [4.78, 5) is 0. The molecule has 2 saturated heterocycles. The van der Waals surface area contributed by atoms with Crippen molar-refractivity contribution in [3.63, 3.8) is 0 Å². The Labute approximate surface area is 385 Å². The largest absolute Gasteiger partial charge is 0.508 e. The molecule has 0 saturated carbocycles. The molecule has 2 heterocycles. The molecular formula is C46H82B2O16. The van der Waals surface area contributed by atoms with E-state index in [0.717, 1.165) is 29.7 Å². The van der Waals surface area contributed by atoms with Crippen molar-refractivity contribution in [2.75, 3.05) is 126 Å². The van der Waals surface area contributed by atoms with Crippen LogP contribution in [0, 0.1) is 0 Å². The number of phenolic OH excluding ortho intramolecular Hbond substituents is 1. The second-order valence-corrected chi connectivity index (χ2v) is 16.5. The van der Waals surface area contributed by atoms with E-state index in [1.165, 1.54) is 0 Å². The normalized spacial score (nSPS) is 16.7. The Morgan fingerprint density at radius 1 is 0.406 bits per heavy atom. The van der Waals surface area contributed by atoms with E-state index in [2.05, 4.69) is 6.92 Å². The highest BCUT2D eigenvalue weighted by Gasteiger charge is 2.52.